The average Bonchev–Trinajstić information content (AvgIpc) is 1.77. The summed E-state index contributed by atoms with van der Waals surface area (Å²) < 4.78 is 5.64. The van der Waals surface area contributed by atoms with Crippen LogP contribution >= 0.6 is 0 Å². The van der Waals surface area contributed by atoms with Gasteiger partial charge in [0.2, 0.25) is 0 Å². The zero-order chi connectivity index (χ0) is 9.99. The predicted molar refractivity (Wildman–Crippen MR) is 56.5 cm³/mol. The molecule has 0 aromatic rings. The summed E-state index contributed by atoms with van der Waals surface area (Å²) in [4.78, 5) is 0. The molecular formula is C10H21OSi. The molecule has 0 saturated heterocycles. The maximum Gasteiger partial charge on any atom is 0.291 e. The summed E-state index contributed by atoms with van der Waals surface area (Å²) >= 11 is 0. The number of hydrogen-bond acceptors (Lipinski definition) is 1. The third kappa shape index (κ3) is 3.44. The average molecular weight is 185 g/mol. The van der Waals surface area contributed by atoms with Crippen LogP contribution in [-0.4, -0.2) is 9.04 Å². The normalized spacial score (nSPS) is 13.2. The van der Waals surface area contributed by atoms with Gasteiger partial charge >= 0.3 is 0 Å². The van der Waals surface area contributed by atoms with Gasteiger partial charge in [0.05, 0.1) is 6.26 Å². The molecule has 0 atom stereocenters. The fraction of sp³-hybridized carbons (Fsp3) is 0.800. The van der Waals surface area contributed by atoms with Crippen LogP contribution in [0.5, 0.6) is 0 Å². The van der Waals surface area contributed by atoms with Crippen LogP contribution in [0.4, 0.5) is 0 Å². The second kappa shape index (κ2) is 3.65. The van der Waals surface area contributed by atoms with Gasteiger partial charge < -0.3 is 4.43 Å². The van der Waals surface area contributed by atoms with Gasteiger partial charge in [-0.25, -0.2) is 0 Å². The first-order valence-corrected chi connectivity index (χ1v) is 5.76. The molecule has 0 heterocycles. The van der Waals surface area contributed by atoms with E-state index >= 15 is 0 Å². The molecule has 0 bridgehead atoms. The Labute approximate surface area is 78.5 Å². The molecule has 0 rings (SSSR count). The standard InChI is InChI=1S/C10H21OSi/c1-8-11-12(9(2,3)4)10(5,6)7/h8H,1H2,2-7H3. The molecule has 0 unspecified atom stereocenters. The van der Waals surface area contributed by atoms with E-state index in [2.05, 4.69) is 48.1 Å². The van der Waals surface area contributed by atoms with Crippen LogP contribution in [0.1, 0.15) is 41.5 Å². The lowest BCUT2D eigenvalue weighted by Gasteiger charge is -2.36. The SMILES string of the molecule is C=CO[Si](C(C)(C)C)C(C)(C)C. The van der Waals surface area contributed by atoms with E-state index in [1.54, 1.807) is 6.26 Å². The lowest BCUT2D eigenvalue weighted by atomic mass is 10.2. The monoisotopic (exact) mass is 185 g/mol. The first kappa shape index (κ1) is 11.8. The van der Waals surface area contributed by atoms with Crippen LogP contribution in [0, 0.1) is 0 Å². The van der Waals surface area contributed by atoms with E-state index in [1.807, 2.05) is 0 Å². The Balaban J connectivity index is 4.56. The fourth-order valence-electron chi connectivity index (χ4n) is 1.56. The molecule has 0 aliphatic heterocycles. The quantitative estimate of drug-likeness (QED) is 0.470. The Hall–Kier alpha value is -0.243. The first-order valence-electron chi connectivity index (χ1n) is 4.35. The molecule has 1 radical (unpaired) electrons. The van der Waals surface area contributed by atoms with E-state index in [9.17, 15) is 0 Å². The molecule has 0 aliphatic carbocycles. The largest absolute Gasteiger partial charge is 0.547 e. The minimum absolute atomic E-state index is 0.261. The Kier molecular flexibility index (Phi) is 3.57. The van der Waals surface area contributed by atoms with Crippen molar-refractivity contribution in [1.82, 2.24) is 0 Å². The topological polar surface area (TPSA) is 9.23 Å². The maximum atomic E-state index is 5.64. The van der Waals surface area contributed by atoms with Crippen molar-refractivity contribution in [1.29, 1.82) is 0 Å². The minimum atomic E-state index is -0.845. The highest BCUT2D eigenvalue weighted by atomic mass is 28.3. The van der Waals surface area contributed by atoms with Crippen LogP contribution in [-0.2, 0) is 4.43 Å². The molecule has 0 aromatic carbocycles. The molecule has 0 aliphatic rings. The Morgan fingerprint density at radius 1 is 1.00 bits per heavy atom. The van der Waals surface area contributed by atoms with Crippen molar-refractivity contribution in [2.75, 3.05) is 0 Å². The van der Waals surface area contributed by atoms with Gasteiger partial charge in [-0.15, -0.1) is 0 Å². The van der Waals surface area contributed by atoms with Gasteiger partial charge in [0.25, 0.3) is 9.04 Å². The molecular weight excluding hydrogens is 164 g/mol. The van der Waals surface area contributed by atoms with Gasteiger partial charge in [-0.1, -0.05) is 48.1 Å². The highest BCUT2D eigenvalue weighted by Crippen LogP contribution is 2.42. The Bertz CT molecular complexity index is 136. The Morgan fingerprint density at radius 3 is 1.42 bits per heavy atom. The lowest BCUT2D eigenvalue weighted by Crippen LogP contribution is -2.36. The number of hydrogen-bond donors (Lipinski definition) is 0. The highest BCUT2D eigenvalue weighted by molar-refractivity contribution is 6.58. The molecule has 0 amide bonds. The molecule has 0 aromatic heterocycles. The molecule has 71 valence electrons. The summed E-state index contributed by atoms with van der Waals surface area (Å²) in [6, 6.07) is 0. The highest BCUT2D eigenvalue weighted by Gasteiger charge is 2.40. The van der Waals surface area contributed by atoms with E-state index in [0.29, 0.717) is 0 Å². The first-order chi connectivity index (χ1) is 5.19. The van der Waals surface area contributed by atoms with Crippen molar-refractivity contribution in [2.24, 2.45) is 0 Å². The summed E-state index contributed by atoms with van der Waals surface area (Å²) in [6.45, 7) is 17.0. The third-order valence-corrected chi connectivity index (χ3v) is 4.69. The van der Waals surface area contributed by atoms with E-state index < -0.39 is 9.04 Å². The van der Waals surface area contributed by atoms with Crippen molar-refractivity contribution >= 4 is 9.04 Å². The fourth-order valence-corrected chi connectivity index (χ4v) is 4.69. The third-order valence-electron chi connectivity index (χ3n) is 1.56. The molecule has 12 heavy (non-hydrogen) atoms. The van der Waals surface area contributed by atoms with Gasteiger partial charge in [-0.05, 0) is 10.1 Å². The summed E-state index contributed by atoms with van der Waals surface area (Å²) in [7, 11) is -0.845. The van der Waals surface area contributed by atoms with Crippen molar-refractivity contribution in [2.45, 2.75) is 51.6 Å². The summed E-state index contributed by atoms with van der Waals surface area (Å²) in [5.41, 5.74) is 0. The summed E-state index contributed by atoms with van der Waals surface area (Å²) in [6.07, 6.45) is 1.59. The van der Waals surface area contributed by atoms with Crippen molar-refractivity contribution in [3.8, 4) is 0 Å². The molecule has 0 fully saturated rings. The van der Waals surface area contributed by atoms with Crippen LogP contribution < -0.4 is 0 Å². The van der Waals surface area contributed by atoms with Gasteiger partial charge in [0.15, 0.2) is 0 Å². The van der Waals surface area contributed by atoms with E-state index in [4.69, 9.17) is 4.43 Å². The number of rotatable bonds is 2. The van der Waals surface area contributed by atoms with E-state index in [-0.39, 0.29) is 10.1 Å². The van der Waals surface area contributed by atoms with Crippen LogP contribution in [0.3, 0.4) is 0 Å². The van der Waals surface area contributed by atoms with Crippen LogP contribution in [0.15, 0.2) is 12.8 Å². The van der Waals surface area contributed by atoms with Crippen molar-refractivity contribution < 1.29 is 4.43 Å². The lowest BCUT2D eigenvalue weighted by molar-refractivity contribution is 0.411. The molecule has 0 N–H and O–H groups in total. The van der Waals surface area contributed by atoms with Crippen molar-refractivity contribution in [3.05, 3.63) is 12.8 Å². The van der Waals surface area contributed by atoms with Crippen LogP contribution in [0.25, 0.3) is 0 Å². The zero-order valence-corrected chi connectivity index (χ0v) is 10.2. The van der Waals surface area contributed by atoms with E-state index in [1.165, 1.54) is 0 Å². The second-order valence-electron chi connectivity index (χ2n) is 5.11. The summed E-state index contributed by atoms with van der Waals surface area (Å²) in [5.74, 6) is 0. The maximum absolute atomic E-state index is 5.64. The molecule has 2 heteroatoms. The Morgan fingerprint density at radius 2 is 1.33 bits per heavy atom. The second-order valence-corrected chi connectivity index (χ2v) is 9.01. The van der Waals surface area contributed by atoms with Gasteiger partial charge in [0.1, 0.15) is 0 Å². The molecule has 0 spiro atoms. The van der Waals surface area contributed by atoms with Gasteiger partial charge in [-0.3, -0.25) is 0 Å². The molecule has 1 nitrogen and oxygen atoms in total. The zero-order valence-electron chi connectivity index (χ0n) is 9.19. The van der Waals surface area contributed by atoms with Gasteiger partial charge in [-0.2, -0.15) is 0 Å². The smallest absolute Gasteiger partial charge is 0.291 e. The minimum Gasteiger partial charge on any atom is -0.547 e. The predicted octanol–water partition coefficient (Wildman–Crippen LogP) is 3.74. The summed E-state index contributed by atoms with van der Waals surface area (Å²) in [5, 5.41) is 0.522. The van der Waals surface area contributed by atoms with E-state index in [0.717, 1.165) is 0 Å². The van der Waals surface area contributed by atoms with Crippen LogP contribution in [0.2, 0.25) is 10.1 Å². The van der Waals surface area contributed by atoms with Gasteiger partial charge in [0, 0.05) is 0 Å². The molecule has 0 saturated carbocycles. The van der Waals surface area contributed by atoms with Crippen molar-refractivity contribution in [3.63, 3.8) is 0 Å².